The molecule has 0 atom stereocenters. The van der Waals surface area contributed by atoms with Gasteiger partial charge in [-0.1, -0.05) is 12.1 Å². The number of hydrogen-bond donors (Lipinski definition) is 1. The van der Waals surface area contributed by atoms with Crippen LogP contribution >= 0.6 is 11.3 Å². The largest absolute Gasteiger partial charge is 0.478 e. The van der Waals surface area contributed by atoms with Gasteiger partial charge in [-0.2, -0.15) is 0 Å². The fourth-order valence-electron chi connectivity index (χ4n) is 1.76. The van der Waals surface area contributed by atoms with Crippen LogP contribution in [-0.2, 0) is 0 Å². The van der Waals surface area contributed by atoms with Gasteiger partial charge >= 0.3 is 5.97 Å². The van der Waals surface area contributed by atoms with Crippen LogP contribution in [0.15, 0.2) is 29.6 Å². The van der Waals surface area contributed by atoms with E-state index < -0.39 is 5.97 Å². The Hall–Kier alpha value is -1.61. The van der Waals surface area contributed by atoms with E-state index in [2.05, 4.69) is 0 Å². The zero-order chi connectivity index (χ0) is 11.7. The lowest BCUT2D eigenvalue weighted by molar-refractivity contribution is 0.0696. The first-order valence-electron chi connectivity index (χ1n) is 4.98. The Labute approximate surface area is 98.2 Å². The summed E-state index contributed by atoms with van der Waals surface area (Å²) in [5.74, 6) is -0.867. The van der Waals surface area contributed by atoms with Crippen LogP contribution in [0.5, 0.6) is 0 Å². The molecular weight excluding hydrogens is 220 g/mol. The number of hydrogen-bond acceptors (Lipinski definition) is 2. The number of benzene rings is 1. The Bertz CT molecular complexity index is 541. The quantitative estimate of drug-likeness (QED) is 0.856. The smallest absolute Gasteiger partial charge is 0.335 e. The van der Waals surface area contributed by atoms with Gasteiger partial charge in [-0.05, 0) is 48.1 Å². The number of rotatable bonds is 2. The second-order valence-corrected chi connectivity index (χ2v) is 4.63. The van der Waals surface area contributed by atoms with E-state index in [-0.39, 0.29) is 0 Å². The highest BCUT2D eigenvalue weighted by atomic mass is 32.1. The lowest BCUT2D eigenvalue weighted by Gasteiger charge is -2.07. The maximum Gasteiger partial charge on any atom is 0.335 e. The minimum atomic E-state index is -0.867. The predicted octanol–water partition coefficient (Wildman–Crippen LogP) is 3.73. The van der Waals surface area contributed by atoms with E-state index in [0.717, 1.165) is 16.0 Å². The minimum absolute atomic E-state index is 0.380. The van der Waals surface area contributed by atoms with Crippen molar-refractivity contribution in [3.05, 3.63) is 46.3 Å². The Balaban J connectivity index is 2.63. The summed E-state index contributed by atoms with van der Waals surface area (Å²) in [7, 11) is 0. The van der Waals surface area contributed by atoms with Gasteiger partial charge in [0.05, 0.1) is 5.56 Å². The third-order valence-corrected chi connectivity index (χ3v) is 3.72. The number of carboxylic acid groups (broad SMARTS) is 1. The summed E-state index contributed by atoms with van der Waals surface area (Å²) in [6.45, 7) is 3.90. The summed E-state index contributed by atoms with van der Waals surface area (Å²) in [4.78, 5) is 12.2. The van der Waals surface area contributed by atoms with Crippen LogP contribution in [0.25, 0.3) is 10.4 Å². The van der Waals surface area contributed by atoms with E-state index in [1.54, 1.807) is 23.5 Å². The molecule has 0 aliphatic carbocycles. The van der Waals surface area contributed by atoms with Crippen molar-refractivity contribution in [2.24, 2.45) is 0 Å². The second-order valence-electron chi connectivity index (χ2n) is 3.72. The van der Waals surface area contributed by atoms with Gasteiger partial charge in [-0.3, -0.25) is 0 Å². The molecule has 0 aliphatic rings. The number of aryl methyl sites for hydroxylation is 1. The molecule has 0 radical (unpaired) electrons. The standard InChI is InChI=1S/C13H12O2S/c1-8-6-7-16-12(8)10-4-3-5-11(9(10)2)13(14)15/h3-7H,1-2H3,(H,14,15). The van der Waals surface area contributed by atoms with Crippen molar-refractivity contribution in [2.45, 2.75) is 13.8 Å². The third-order valence-electron chi connectivity index (χ3n) is 2.67. The molecule has 1 aromatic carbocycles. The maximum absolute atomic E-state index is 11.0. The number of thiophene rings is 1. The molecule has 0 amide bonds. The summed E-state index contributed by atoms with van der Waals surface area (Å²) in [5.41, 5.74) is 3.42. The van der Waals surface area contributed by atoms with Crippen molar-refractivity contribution in [1.82, 2.24) is 0 Å². The molecule has 1 heterocycles. The first-order chi connectivity index (χ1) is 7.61. The van der Waals surface area contributed by atoms with Crippen LogP contribution < -0.4 is 0 Å². The molecule has 0 unspecified atom stereocenters. The van der Waals surface area contributed by atoms with Crippen LogP contribution in [-0.4, -0.2) is 11.1 Å². The van der Waals surface area contributed by atoms with Gasteiger partial charge in [0.25, 0.3) is 0 Å². The van der Waals surface area contributed by atoms with Crippen molar-refractivity contribution in [2.75, 3.05) is 0 Å². The molecule has 82 valence electrons. The molecule has 0 aliphatic heterocycles. The zero-order valence-corrected chi connectivity index (χ0v) is 9.97. The van der Waals surface area contributed by atoms with E-state index in [1.807, 2.05) is 31.4 Å². The third kappa shape index (κ3) is 1.74. The van der Waals surface area contributed by atoms with Crippen LogP contribution in [0, 0.1) is 13.8 Å². The molecule has 16 heavy (non-hydrogen) atoms. The predicted molar refractivity (Wildman–Crippen MR) is 66.2 cm³/mol. The van der Waals surface area contributed by atoms with Crippen LogP contribution in [0.4, 0.5) is 0 Å². The van der Waals surface area contributed by atoms with E-state index in [9.17, 15) is 4.79 Å². The van der Waals surface area contributed by atoms with Gasteiger partial charge in [0.15, 0.2) is 0 Å². The highest BCUT2D eigenvalue weighted by Gasteiger charge is 2.12. The Morgan fingerprint density at radius 1 is 1.25 bits per heavy atom. The Kier molecular flexibility index (Phi) is 2.79. The number of carbonyl (C=O) groups is 1. The van der Waals surface area contributed by atoms with E-state index in [4.69, 9.17) is 5.11 Å². The lowest BCUT2D eigenvalue weighted by Crippen LogP contribution is -2.00. The van der Waals surface area contributed by atoms with Gasteiger partial charge in [-0.25, -0.2) is 4.79 Å². The summed E-state index contributed by atoms with van der Waals surface area (Å²) in [5, 5.41) is 11.1. The van der Waals surface area contributed by atoms with Gasteiger partial charge < -0.3 is 5.11 Å². The fraction of sp³-hybridized carbons (Fsp3) is 0.154. The van der Waals surface area contributed by atoms with Gasteiger partial charge in [0.1, 0.15) is 0 Å². The van der Waals surface area contributed by atoms with Crippen LogP contribution in [0.2, 0.25) is 0 Å². The Morgan fingerprint density at radius 2 is 2.00 bits per heavy atom. The topological polar surface area (TPSA) is 37.3 Å². The SMILES string of the molecule is Cc1ccsc1-c1cccc(C(=O)O)c1C. The normalized spacial score (nSPS) is 10.4. The summed E-state index contributed by atoms with van der Waals surface area (Å²) < 4.78 is 0. The average molecular weight is 232 g/mol. The van der Waals surface area contributed by atoms with E-state index >= 15 is 0 Å². The number of aromatic carboxylic acids is 1. The highest BCUT2D eigenvalue weighted by Crippen LogP contribution is 2.32. The van der Waals surface area contributed by atoms with Crippen LogP contribution in [0.1, 0.15) is 21.5 Å². The highest BCUT2D eigenvalue weighted by molar-refractivity contribution is 7.13. The van der Waals surface area contributed by atoms with Crippen molar-refractivity contribution >= 4 is 17.3 Å². The number of carboxylic acids is 1. The fourth-order valence-corrected chi connectivity index (χ4v) is 2.77. The molecule has 1 aromatic heterocycles. The summed E-state index contributed by atoms with van der Waals surface area (Å²) >= 11 is 1.64. The molecule has 0 saturated carbocycles. The van der Waals surface area contributed by atoms with Gasteiger partial charge in [-0.15, -0.1) is 11.3 Å². The van der Waals surface area contributed by atoms with Gasteiger partial charge in [0, 0.05) is 4.88 Å². The van der Waals surface area contributed by atoms with Crippen molar-refractivity contribution < 1.29 is 9.90 Å². The molecule has 3 heteroatoms. The second kappa shape index (κ2) is 4.10. The van der Waals surface area contributed by atoms with E-state index in [1.165, 1.54) is 5.56 Å². The zero-order valence-electron chi connectivity index (χ0n) is 9.15. The molecule has 2 nitrogen and oxygen atoms in total. The Morgan fingerprint density at radius 3 is 2.56 bits per heavy atom. The van der Waals surface area contributed by atoms with Crippen molar-refractivity contribution in [3.8, 4) is 10.4 Å². The molecule has 0 saturated heterocycles. The molecule has 0 bridgehead atoms. The van der Waals surface area contributed by atoms with E-state index in [0.29, 0.717) is 5.56 Å². The molecule has 0 spiro atoms. The minimum Gasteiger partial charge on any atom is -0.478 e. The molecule has 2 rings (SSSR count). The monoisotopic (exact) mass is 232 g/mol. The molecule has 0 fully saturated rings. The first-order valence-corrected chi connectivity index (χ1v) is 5.86. The van der Waals surface area contributed by atoms with Crippen LogP contribution in [0.3, 0.4) is 0 Å². The van der Waals surface area contributed by atoms with Crippen molar-refractivity contribution in [3.63, 3.8) is 0 Å². The molecule has 1 N–H and O–H groups in total. The molecule has 2 aromatic rings. The average Bonchev–Trinajstić information content (AvgIpc) is 2.64. The maximum atomic E-state index is 11.0. The van der Waals surface area contributed by atoms with Gasteiger partial charge in [0.2, 0.25) is 0 Å². The lowest BCUT2D eigenvalue weighted by atomic mass is 10.00. The van der Waals surface area contributed by atoms with Crippen molar-refractivity contribution in [1.29, 1.82) is 0 Å². The molecular formula is C13H12O2S. The summed E-state index contributed by atoms with van der Waals surface area (Å²) in [6, 6.07) is 7.46. The summed E-state index contributed by atoms with van der Waals surface area (Å²) in [6.07, 6.45) is 0. The first kappa shape index (κ1) is 10.9.